The van der Waals surface area contributed by atoms with E-state index in [-0.39, 0.29) is 17.9 Å². The standard InChI is InChI=1S/C28H39NO3S/c1-3-7-20-12-16-23(17-13-20)29(27(30)22-14-10-19(2)11-15-22)24-18-25(33-26(24)28(31)32)21-8-5-4-6-9-21/h3,8,18-20,22-23H,1,4-7,9-17H2,2H3,(H,31,32). The number of hydrogen-bond donors (Lipinski definition) is 1. The van der Waals surface area contributed by atoms with Crippen LogP contribution in [0.2, 0.25) is 0 Å². The van der Waals surface area contributed by atoms with Gasteiger partial charge in [0.2, 0.25) is 5.91 Å². The Bertz CT molecular complexity index is 885. The number of thiophene rings is 1. The first-order valence-electron chi connectivity index (χ1n) is 13.0. The van der Waals surface area contributed by atoms with E-state index in [1.165, 1.54) is 23.3 Å². The van der Waals surface area contributed by atoms with Gasteiger partial charge in [0.1, 0.15) is 4.88 Å². The Kier molecular flexibility index (Phi) is 8.11. The number of amides is 1. The van der Waals surface area contributed by atoms with Gasteiger partial charge >= 0.3 is 5.97 Å². The summed E-state index contributed by atoms with van der Waals surface area (Å²) < 4.78 is 0. The molecule has 0 saturated heterocycles. The number of carboxylic acids is 1. The first kappa shape index (κ1) is 24.3. The van der Waals surface area contributed by atoms with E-state index in [1.807, 2.05) is 17.0 Å². The predicted molar refractivity (Wildman–Crippen MR) is 137 cm³/mol. The molecule has 1 aromatic rings. The number of allylic oxidation sites excluding steroid dienone is 3. The molecule has 0 aromatic carbocycles. The molecule has 0 bridgehead atoms. The van der Waals surface area contributed by atoms with Gasteiger partial charge in [0.05, 0.1) is 5.69 Å². The molecule has 0 spiro atoms. The zero-order valence-corrected chi connectivity index (χ0v) is 20.9. The fourth-order valence-electron chi connectivity index (χ4n) is 6.01. The van der Waals surface area contributed by atoms with Crippen molar-refractivity contribution in [2.45, 2.75) is 96.4 Å². The van der Waals surface area contributed by atoms with Crippen LogP contribution in [0.5, 0.6) is 0 Å². The summed E-state index contributed by atoms with van der Waals surface area (Å²) in [6.45, 7) is 6.17. The fraction of sp³-hybridized carbons (Fsp3) is 0.643. The first-order valence-corrected chi connectivity index (χ1v) is 13.8. The predicted octanol–water partition coefficient (Wildman–Crippen LogP) is 7.70. The van der Waals surface area contributed by atoms with Gasteiger partial charge in [-0.2, -0.15) is 0 Å². The molecule has 0 unspecified atom stereocenters. The van der Waals surface area contributed by atoms with Crippen molar-refractivity contribution in [1.82, 2.24) is 0 Å². The van der Waals surface area contributed by atoms with E-state index in [0.29, 0.717) is 22.4 Å². The summed E-state index contributed by atoms with van der Waals surface area (Å²) in [5.74, 6) is 0.589. The summed E-state index contributed by atoms with van der Waals surface area (Å²) in [6, 6.07) is 2.13. The summed E-state index contributed by atoms with van der Waals surface area (Å²) in [6.07, 6.45) is 17.8. The van der Waals surface area contributed by atoms with Crippen LogP contribution in [0.4, 0.5) is 5.69 Å². The second-order valence-corrected chi connectivity index (χ2v) is 11.5. The monoisotopic (exact) mass is 469 g/mol. The van der Waals surface area contributed by atoms with Gasteiger partial charge in [-0.05, 0) is 107 Å². The van der Waals surface area contributed by atoms with Crippen LogP contribution in [0.15, 0.2) is 24.8 Å². The van der Waals surface area contributed by atoms with Crippen molar-refractivity contribution >= 4 is 34.5 Å². The fourth-order valence-corrected chi connectivity index (χ4v) is 7.06. The number of carbonyl (C=O) groups is 2. The molecule has 1 amide bonds. The Balaban J connectivity index is 1.67. The Labute approximate surface area is 202 Å². The minimum atomic E-state index is -0.909. The summed E-state index contributed by atoms with van der Waals surface area (Å²) in [5, 5.41) is 10.1. The van der Waals surface area contributed by atoms with Crippen LogP contribution < -0.4 is 4.90 Å². The third-order valence-electron chi connectivity index (χ3n) is 8.06. The van der Waals surface area contributed by atoms with Crippen molar-refractivity contribution < 1.29 is 14.7 Å². The number of aromatic carboxylic acids is 1. The van der Waals surface area contributed by atoms with E-state index in [4.69, 9.17) is 0 Å². The van der Waals surface area contributed by atoms with Crippen molar-refractivity contribution in [2.24, 2.45) is 17.8 Å². The van der Waals surface area contributed by atoms with Gasteiger partial charge in [-0.25, -0.2) is 4.79 Å². The minimum absolute atomic E-state index is 0.0194. The highest BCUT2D eigenvalue weighted by atomic mass is 32.1. The Morgan fingerprint density at radius 3 is 2.45 bits per heavy atom. The molecule has 4 rings (SSSR count). The Morgan fingerprint density at radius 2 is 1.85 bits per heavy atom. The normalized spacial score (nSPS) is 28.1. The summed E-state index contributed by atoms with van der Waals surface area (Å²) in [7, 11) is 0. The molecule has 1 heterocycles. The molecule has 4 nitrogen and oxygen atoms in total. The van der Waals surface area contributed by atoms with Crippen LogP contribution in [0.1, 0.15) is 105 Å². The van der Waals surface area contributed by atoms with Crippen LogP contribution in [0.25, 0.3) is 5.57 Å². The van der Waals surface area contributed by atoms with E-state index < -0.39 is 5.97 Å². The van der Waals surface area contributed by atoms with Crippen molar-refractivity contribution in [2.75, 3.05) is 4.90 Å². The van der Waals surface area contributed by atoms with Crippen molar-refractivity contribution in [3.8, 4) is 0 Å². The minimum Gasteiger partial charge on any atom is -0.477 e. The van der Waals surface area contributed by atoms with Crippen LogP contribution >= 0.6 is 11.3 Å². The number of rotatable bonds is 7. The number of anilines is 1. The van der Waals surface area contributed by atoms with Gasteiger partial charge in [0.15, 0.2) is 0 Å². The smallest absolute Gasteiger partial charge is 0.348 e. The molecule has 33 heavy (non-hydrogen) atoms. The molecule has 5 heteroatoms. The maximum absolute atomic E-state index is 14.0. The van der Waals surface area contributed by atoms with Gasteiger partial charge < -0.3 is 10.0 Å². The highest BCUT2D eigenvalue weighted by Gasteiger charge is 2.37. The number of carboxylic acid groups (broad SMARTS) is 1. The lowest BCUT2D eigenvalue weighted by Crippen LogP contribution is -2.46. The zero-order valence-electron chi connectivity index (χ0n) is 20.1. The van der Waals surface area contributed by atoms with Crippen LogP contribution in [0.3, 0.4) is 0 Å². The van der Waals surface area contributed by atoms with Gasteiger partial charge in [0.25, 0.3) is 0 Å². The van der Waals surface area contributed by atoms with Crippen molar-refractivity contribution in [3.05, 3.63) is 34.6 Å². The lowest BCUT2D eigenvalue weighted by Gasteiger charge is -2.39. The Morgan fingerprint density at radius 1 is 1.12 bits per heavy atom. The highest BCUT2D eigenvalue weighted by Crippen LogP contribution is 2.42. The average Bonchev–Trinajstić information content (AvgIpc) is 3.27. The quantitative estimate of drug-likeness (QED) is 0.416. The van der Waals surface area contributed by atoms with Crippen LogP contribution in [-0.2, 0) is 4.79 Å². The SMILES string of the molecule is C=CCC1CCC(N(C(=O)C2CCC(C)CC2)c2cc(C3=CCCCC3)sc2C(=O)O)CC1. The van der Waals surface area contributed by atoms with Gasteiger partial charge in [-0.15, -0.1) is 17.9 Å². The molecular formula is C28H39NO3S. The Hall–Kier alpha value is -1.88. The second kappa shape index (κ2) is 11.0. The molecular weight excluding hydrogens is 430 g/mol. The first-order chi connectivity index (χ1) is 16.0. The van der Waals surface area contributed by atoms with E-state index >= 15 is 0 Å². The van der Waals surface area contributed by atoms with Crippen molar-refractivity contribution in [3.63, 3.8) is 0 Å². The molecule has 0 aliphatic heterocycles. The second-order valence-electron chi connectivity index (χ2n) is 10.5. The van der Waals surface area contributed by atoms with E-state index in [9.17, 15) is 14.7 Å². The lowest BCUT2D eigenvalue weighted by molar-refractivity contribution is -0.124. The molecule has 2 fully saturated rings. The lowest BCUT2D eigenvalue weighted by atomic mass is 9.80. The van der Waals surface area contributed by atoms with Gasteiger partial charge in [0, 0.05) is 16.8 Å². The summed E-state index contributed by atoms with van der Waals surface area (Å²) in [5.41, 5.74) is 1.92. The van der Waals surface area contributed by atoms with Gasteiger partial charge in [-0.3, -0.25) is 4.79 Å². The largest absolute Gasteiger partial charge is 0.477 e. The molecule has 180 valence electrons. The molecule has 3 aliphatic rings. The maximum atomic E-state index is 14.0. The molecule has 1 N–H and O–H groups in total. The molecule has 3 aliphatic carbocycles. The number of nitrogens with zero attached hydrogens (tertiary/aromatic N) is 1. The highest BCUT2D eigenvalue weighted by molar-refractivity contribution is 7.15. The summed E-state index contributed by atoms with van der Waals surface area (Å²) in [4.78, 5) is 29.6. The van der Waals surface area contributed by atoms with Crippen molar-refractivity contribution in [1.29, 1.82) is 0 Å². The molecule has 0 atom stereocenters. The zero-order chi connectivity index (χ0) is 23.4. The third kappa shape index (κ3) is 5.62. The van der Waals surface area contributed by atoms with Crippen LogP contribution in [0, 0.1) is 17.8 Å². The number of hydrogen-bond acceptors (Lipinski definition) is 3. The molecule has 2 saturated carbocycles. The maximum Gasteiger partial charge on any atom is 0.348 e. The van der Waals surface area contributed by atoms with E-state index in [1.54, 1.807) is 0 Å². The molecule has 0 radical (unpaired) electrons. The average molecular weight is 470 g/mol. The number of carbonyl (C=O) groups excluding carboxylic acids is 1. The topological polar surface area (TPSA) is 57.6 Å². The van der Waals surface area contributed by atoms with Crippen LogP contribution in [-0.4, -0.2) is 23.0 Å². The van der Waals surface area contributed by atoms with Gasteiger partial charge in [-0.1, -0.05) is 19.1 Å². The van der Waals surface area contributed by atoms with E-state index in [0.717, 1.165) is 81.9 Å². The summed E-state index contributed by atoms with van der Waals surface area (Å²) >= 11 is 1.36. The van der Waals surface area contributed by atoms with E-state index in [2.05, 4.69) is 19.6 Å². The molecule has 1 aromatic heterocycles. The third-order valence-corrected chi connectivity index (χ3v) is 9.25.